The smallest absolute Gasteiger partial charge is 0.267 e. The van der Waals surface area contributed by atoms with Crippen LogP contribution in [0.4, 0.5) is 0 Å². The molecule has 1 amide bonds. The molecule has 0 aliphatic heterocycles. The largest absolute Gasteiger partial charge is 0.347 e. The molecule has 0 saturated carbocycles. The van der Waals surface area contributed by atoms with Crippen LogP contribution in [-0.2, 0) is 7.05 Å². The Balaban J connectivity index is 2.93. The van der Waals surface area contributed by atoms with E-state index >= 15 is 0 Å². The molecule has 0 atom stereocenters. The fourth-order valence-corrected chi connectivity index (χ4v) is 1.01. The minimum Gasteiger partial charge on any atom is -0.347 e. The highest BCUT2D eigenvalue weighted by molar-refractivity contribution is 5.94. The van der Waals surface area contributed by atoms with Gasteiger partial charge >= 0.3 is 0 Å². The molecule has 0 bridgehead atoms. The molecule has 0 aliphatic rings. The van der Waals surface area contributed by atoms with Crippen molar-refractivity contribution in [3.63, 3.8) is 0 Å². The highest BCUT2D eigenvalue weighted by atomic mass is 16.2. The van der Waals surface area contributed by atoms with Gasteiger partial charge in [-0.25, -0.2) is 4.68 Å². The molecule has 1 rings (SSSR count). The Labute approximate surface area is 88.1 Å². The van der Waals surface area contributed by atoms with Crippen molar-refractivity contribution in [3.05, 3.63) is 28.2 Å². The summed E-state index contributed by atoms with van der Waals surface area (Å²) in [5, 5.41) is 6.53. The zero-order chi connectivity index (χ0) is 11.6. The van der Waals surface area contributed by atoms with Gasteiger partial charge in [0.25, 0.3) is 11.5 Å². The second kappa shape index (κ2) is 3.84. The quantitative estimate of drug-likeness (QED) is 0.724. The number of rotatable bonds is 1. The van der Waals surface area contributed by atoms with Crippen molar-refractivity contribution < 1.29 is 4.79 Å². The van der Waals surface area contributed by atoms with Crippen molar-refractivity contribution in [3.8, 4) is 0 Å². The van der Waals surface area contributed by atoms with Crippen LogP contribution in [0.3, 0.4) is 0 Å². The summed E-state index contributed by atoms with van der Waals surface area (Å²) in [5.74, 6) is -0.285. The predicted octanol–water partition coefficient (Wildman–Crippen LogP) is 0.309. The second-order valence-electron chi connectivity index (χ2n) is 4.41. The maximum Gasteiger partial charge on any atom is 0.267 e. The summed E-state index contributed by atoms with van der Waals surface area (Å²) in [6.07, 6.45) is 1.38. The number of carbonyl (C=O) groups is 1. The maximum atomic E-state index is 11.6. The molecule has 0 aromatic carbocycles. The monoisotopic (exact) mass is 209 g/mol. The van der Waals surface area contributed by atoms with E-state index in [0.717, 1.165) is 0 Å². The van der Waals surface area contributed by atoms with Crippen LogP contribution in [0, 0.1) is 0 Å². The first kappa shape index (κ1) is 11.4. The summed E-state index contributed by atoms with van der Waals surface area (Å²) in [7, 11) is 1.54. The molecule has 5 heteroatoms. The molecule has 0 saturated heterocycles. The molecule has 1 heterocycles. The molecule has 82 valence electrons. The number of aromatic nitrogens is 2. The third-order valence-corrected chi connectivity index (χ3v) is 1.72. The summed E-state index contributed by atoms with van der Waals surface area (Å²) < 4.78 is 1.17. The first-order chi connectivity index (χ1) is 6.79. The number of amides is 1. The van der Waals surface area contributed by atoms with Gasteiger partial charge in [-0.1, -0.05) is 0 Å². The Hall–Kier alpha value is -1.65. The molecule has 1 aromatic heterocycles. The van der Waals surface area contributed by atoms with Gasteiger partial charge in [-0.2, -0.15) is 5.10 Å². The topological polar surface area (TPSA) is 64.0 Å². The lowest BCUT2D eigenvalue weighted by Gasteiger charge is -2.20. The lowest BCUT2D eigenvalue weighted by molar-refractivity contribution is 0.0918. The minimum absolute atomic E-state index is 0.285. The van der Waals surface area contributed by atoms with Crippen LogP contribution < -0.4 is 10.9 Å². The Morgan fingerprint density at radius 1 is 1.47 bits per heavy atom. The van der Waals surface area contributed by atoms with E-state index < -0.39 is 0 Å². The van der Waals surface area contributed by atoms with Gasteiger partial charge < -0.3 is 5.32 Å². The molecule has 1 aromatic rings. The second-order valence-corrected chi connectivity index (χ2v) is 4.41. The van der Waals surface area contributed by atoms with Crippen molar-refractivity contribution in [2.45, 2.75) is 26.3 Å². The number of aryl methyl sites for hydroxylation is 1. The van der Waals surface area contributed by atoms with E-state index in [9.17, 15) is 9.59 Å². The van der Waals surface area contributed by atoms with Gasteiger partial charge in [0.05, 0.1) is 11.8 Å². The van der Waals surface area contributed by atoms with Crippen LogP contribution >= 0.6 is 0 Å². The highest BCUT2D eigenvalue weighted by Gasteiger charge is 2.15. The van der Waals surface area contributed by atoms with Gasteiger partial charge in [-0.05, 0) is 20.8 Å². The maximum absolute atomic E-state index is 11.6. The Morgan fingerprint density at radius 3 is 2.53 bits per heavy atom. The van der Waals surface area contributed by atoms with Crippen LogP contribution in [0.2, 0.25) is 0 Å². The van der Waals surface area contributed by atoms with Crippen molar-refractivity contribution in [2.75, 3.05) is 0 Å². The third-order valence-electron chi connectivity index (χ3n) is 1.72. The van der Waals surface area contributed by atoms with E-state index in [1.165, 1.54) is 24.0 Å². The Kier molecular flexibility index (Phi) is 2.93. The average molecular weight is 209 g/mol. The van der Waals surface area contributed by atoms with Gasteiger partial charge in [-0.15, -0.1) is 0 Å². The summed E-state index contributed by atoms with van der Waals surface area (Å²) in [6, 6.07) is 1.27. The number of hydrogen-bond donors (Lipinski definition) is 1. The van der Waals surface area contributed by atoms with E-state index in [4.69, 9.17) is 0 Å². The van der Waals surface area contributed by atoms with Crippen LogP contribution in [0.5, 0.6) is 0 Å². The third kappa shape index (κ3) is 3.19. The standard InChI is InChI=1S/C10H15N3O2/c1-10(2,3)12-9(15)7-5-8(14)13(4)11-6-7/h5-6H,1-4H3,(H,12,15). The fraction of sp³-hybridized carbons (Fsp3) is 0.500. The average Bonchev–Trinajstić information content (AvgIpc) is 2.06. The van der Waals surface area contributed by atoms with Crippen LogP contribution in [0.15, 0.2) is 17.1 Å². The molecule has 0 fully saturated rings. The summed E-state index contributed by atoms with van der Waals surface area (Å²) >= 11 is 0. The van der Waals surface area contributed by atoms with Gasteiger partial charge in [0.1, 0.15) is 0 Å². The SMILES string of the molecule is Cn1ncc(C(=O)NC(C)(C)C)cc1=O. The molecule has 0 spiro atoms. The van der Waals surface area contributed by atoms with E-state index in [0.29, 0.717) is 0 Å². The van der Waals surface area contributed by atoms with Crippen LogP contribution in [0.1, 0.15) is 31.1 Å². The predicted molar refractivity (Wildman–Crippen MR) is 56.7 cm³/mol. The van der Waals surface area contributed by atoms with E-state index in [2.05, 4.69) is 10.4 Å². The Morgan fingerprint density at radius 2 is 2.07 bits per heavy atom. The molecule has 0 radical (unpaired) electrons. The summed E-state index contributed by atoms with van der Waals surface area (Å²) in [6.45, 7) is 5.62. The number of nitrogens with one attached hydrogen (secondary N) is 1. The van der Waals surface area contributed by atoms with Crippen molar-refractivity contribution in [2.24, 2.45) is 7.05 Å². The molecule has 15 heavy (non-hydrogen) atoms. The van der Waals surface area contributed by atoms with E-state index in [-0.39, 0.29) is 22.6 Å². The van der Waals surface area contributed by atoms with Crippen molar-refractivity contribution >= 4 is 5.91 Å². The molecular weight excluding hydrogens is 194 g/mol. The normalized spacial score (nSPS) is 11.2. The van der Waals surface area contributed by atoms with Gasteiger partial charge in [0.2, 0.25) is 0 Å². The molecule has 1 N–H and O–H groups in total. The lowest BCUT2D eigenvalue weighted by Crippen LogP contribution is -2.41. The zero-order valence-corrected chi connectivity index (χ0v) is 9.37. The molecule has 5 nitrogen and oxygen atoms in total. The molecule has 0 aliphatic carbocycles. The summed E-state index contributed by atoms with van der Waals surface area (Å²) in [5.41, 5.74) is -0.331. The lowest BCUT2D eigenvalue weighted by atomic mass is 10.1. The number of nitrogens with zero attached hydrogens (tertiary/aromatic N) is 2. The van der Waals surface area contributed by atoms with Gasteiger partial charge in [-0.3, -0.25) is 9.59 Å². The molecule has 0 unspecified atom stereocenters. The highest BCUT2D eigenvalue weighted by Crippen LogP contribution is 2.01. The first-order valence-electron chi connectivity index (χ1n) is 4.65. The summed E-state index contributed by atoms with van der Waals surface area (Å²) in [4.78, 5) is 22.9. The van der Waals surface area contributed by atoms with Gasteiger partial charge in [0, 0.05) is 18.7 Å². The van der Waals surface area contributed by atoms with Crippen LogP contribution in [0.25, 0.3) is 0 Å². The molecular formula is C10H15N3O2. The van der Waals surface area contributed by atoms with Crippen molar-refractivity contribution in [1.82, 2.24) is 15.1 Å². The number of carbonyl (C=O) groups excluding carboxylic acids is 1. The fourth-order valence-electron chi connectivity index (χ4n) is 1.01. The minimum atomic E-state index is -0.321. The van der Waals surface area contributed by atoms with Crippen molar-refractivity contribution in [1.29, 1.82) is 0 Å². The first-order valence-corrected chi connectivity index (χ1v) is 4.65. The van der Waals surface area contributed by atoms with Gasteiger partial charge in [0.15, 0.2) is 0 Å². The Bertz CT molecular complexity index is 429. The van der Waals surface area contributed by atoms with E-state index in [1.54, 1.807) is 0 Å². The zero-order valence-electron chi connectivity index (χ0n) is 9.37. The number of hydrogen-bond acceptors (Lipinski definition) is 3. The van der Waals surface area contributed by atoms with Crippen LogP contribution in [-0.4, -0.2) is 21.2 Å². The van der Waals surface area contributed by atoms with E-state index in [1.807, 2.05) is 20.8 Å².